The highest BCUT2D eigenvalue weighted by Gasteiger charge is 2.09. The van der Waals surface area contributed by atoms with Gasteiger partial charge in [0.2, 0.25) is 0 Å². The molecule has 102 valence electrons. The Balaban J connectivity index is 2.37. The van der Waals surface area contributed by atoms with Gasteiger partial charge in [0.25, 0.3) is 0 Å². The molecule has 1 heterocycles. The smallest absolute Gasteiger partial charge is 0.315 e. The molecule has 0 aliphatic carbocycles. The van der Waals surface area contributed by atoms with Crippen LogP contribution in [0.15, 0.2) is 5.38 Å². The molecule has 1 rings (SSSR count). The number of urea groups is 1. The number of carbonyl (C=O) groups is 1. The van der Waals surface area contributed by atoms with Crippen LogP contribution in [0.5, 0.6) is 0 Å². The summed E-state index contributed by atoms with van der Waals surface area (Å²) in [7, 11) is 3.85. The molecule has 0 saturated carbocycles. The average molecular weight is 272 g/mol. The third kappa shape index (κ3) is 4.50. The first-order chi connectivity index (χ1) is 8.56. The lowest BCUT2D eigenvalue weighted by Gasteiger charge is -2.14. The monoisotopic (exact) mass is 272 g/mol. The maximum Gasteiger partial charge on any atom is 0.315 e. The van der Waals surface area contributed by atoms with E-state index in [0.717, 1.165) is 10.8 Å². The van der Waals surface area contributed by atoms with Gasteiger partial charge in [0.15, 0.2) is 5.13 Å². The normalized spacial score (nSPS) is 12.0. The molecule has 0 radical (unpaired) electrons. The maximum atomic E-state index is 11.5. The lowest BCUT2D eigenvalue weighted by molar-refractivity contribution is 0.214. The molecular formula is C11H20N4O2S. The van der Waals surface area contributed by atoms with Gasteiger partial charge in [-0.05, 0) is 6.42 Å². The van der Waals surface area contributed by atoms with E-state index in [9.17, 15) is 4.79 Å². The lowest BCUT2D eigenvalue weighted by atomic mass is 10.2. The SMILES string of the molecule is CC[C@@H](CO)NC(=O)NCc1csc(N(C)C)n1. The highest BCUT2D eigenvalue weighted by molar-refractivity contribution is 7.13. The van der Waals surface area contributed by atoms with Crippen LogP contribution in [0.3, 0.4) is 0 Å². The Morgan fingerprint density at radius 2 is 2.33 bits per heavy atom. The number of aliphatic hydroxyl groups is 1. The van der Waals surface area contributed by atoms with Crippen LogP contribution in [0.1, 0.15) is 19.0 Å². The van der Waals surface area contributed by atoms with E-state index in [1.807, 2.05) is 31.3 Å². The van der Waals surface area contributed by atoms with Crippen LogP contribution in [0.25, 0.3) is 0 Å². The van der Waals surface area contributed by atoms with Crippen LogP contribution in [-0.2, 0) is 6.54 Å². The van der Waals surface area contributed by atoms with Crippen LogP contribution in [0.2, 0.25) is 0 Å². The first-order valence-corrected chi connectivity index (χ1v) is 6.71. The predicted molar refractivity (Wildman–Crippen MR) is 73.0 cm³/mol. The molecule has 6 nitrogen and oxygen atoms in total. The molecule has 0 aliphatic heterocycles. The number of anilines is 1. The fraction of sp³-hybridized carbons (Fsp3) is 0.636. The Bertz CT molecular complexity index is 377. The fourth-order valence-electron chi connectivity index (χ4n) is 1.27. The molecule has 1 atom stereocenters. The van der Waals surface area contributed by atoms with Gasteiger partial charge in [-0.3, -0.25) is 0 Å². The molecule has 1 aromatic rings. The molecule has 0 aromatic carbocycles. The Hall–Kier alpha value is -1.34. The van der Waals surface area contributed by atoms with E-state index in [1.54, 1.807) is 0 Å². The summed E-state index contributed by atoms with van der Waals surface area (Å²) in [6, 6.07) is -0.479. The van der Waals surface area contributed by atoms with Crippen LogP contribution in [-0.4, -0.2) is 42.9 Å². The summed E-state index contributed by atoms with van der Waals surface area (Å²) >= 11 is 1.54. The number of thiazole rings is 1. The van der Waals surface area contributed by atoms with Crippen molar-refractivity contribution in [2.24, 2.45) is 0 Å². The number of carbonyl (C=O) groups excluding carboxylic acids is 1. The quantitative estimate of drug-likeness (QED) is 0.715. The van der Waals surface area contributed by atoms with Gasteiger partial charge in [-0.25, -0.2) is 9.78 Å². The van der Waals surface area contributed by atoms with Crippen LogP contribution < -0.4 is 15.5 Å². The van der Waals surface area contributed by atoms with Gasteiger partial charge in [-0.1, -0.05) is 6.92 Å². The van der Waals surface area contributed by atoms with E-state index in [0.29, 0.717) is 13.0 Å². The molecular weight excluding hydrogens is 252 g/mol. The van der Waals surface area contributed by atoms with Crippen molar-refractivity contribution in [2.75, 3.05) is 25.6 Å². The molecule has 0 unspecified atom stereocenters. The first kappa shape index (κ1) is 14.7. The summed E-state index contributed by atoms with van der Waals surface area (Å²) in [6.45, 7) is 2.24. The van der Waals surface area contributed by atoms with Crippen LogP contribution >= 0.6 is 11.3 Å². The van der Waals surface area contributed by atoms with E-state index in [-0.39, 0.29) is 18.7 Å². The number of amides is 2. The van der Waals surface area contributed by atoms with Gasteiger partial charge >= 0.3 is 6.03 Å². The molecule has 18 heavy (non-hydrogen) atoms. The minimum absolute atomic E-state index is 0.0502. The molecule has 3 N–H and O–H groups in total. The van der Waals surface area contributed by atoms with Crippen molar-refractivity contribution < 1.29 is 9.90 Å². The number of hydrogen-bond donors (Lipinski definition) is 3. The Morgan fingerprint density at radius 1 is 1.61 bits per heavy atom. The number of nitrogens with one attached hydrogen (secondary N) is 2. The summed E-state index contributed by atoms with van der Waals surface area (Å²) < 4.78 is 0. The summed E-state index contributed by atoms with van der Waals surface area (Å²) in [4.78, 5) is 17.8. The van der Waals surface area contributed by atoms with Crippen molar-refractivity contribution in [1.82, 2.24) is 15.6 Å². The van der Waals surface area contributed by atoms with Crippen LogP contribution in [0.4, 0.5) is 9.93 Å². The molecule has 0 fully saturated rings. The molecule has 0 saturated heterocycles. The number of nitrogens with zero attached hydrogens (tertiary/aromatic N) is 2. The van der Waals surface area contributed by atoms with Crippen LogP contribution in [0, 0.1) is 0 Å². The highest BCUT2D eigenvalue weighted by Crippen LogP contribution is 2.17. The van der Waals surface area contributed by atoms with Gasteiger partial charge in [0, 0.05) is 19.5 Å². The van der Waals surface area contributed by atoms with Crippen molar-refractivity contribution in [3.05, 3.63) is 11.1 Å². The summed E-state index contributed by atoms with van der Waals surface area (Å²) in [5.41, 5.74) is 0.830. The molecule has 2 amide bonds. The van der Waals surface area contributed by atoms with E-state index >= 15 is 0 Å². The molecule has 0 spiro atoms. The maximum absolute atomic E-state index is 11.5. The Labute approximate surface area is 111 Å². The summed E-state index contributed by atoms with van der Waals surface area (Å²) in [5.74, 6) is 0. The number of hydrogen-bond acceptors (Lipinski definition) is 5. The number of aliphatic hydroxyl groups excluding tert-OH is 1. The minimum Gasteiger partial charge on any atom is -0.394 e. The van der Waals surface area contributed by atoms with E-state index in [2.05, 4.69) is 15.6 Å². The second-order valence-corrected chi connectivity index (χ2v) is 4.97. The predicted octanol–water partition coefficient (Wildman–Crippen LogP) is 0.779. The van der Waals surface area contributed by atoms with E-state index in [4.69, 9.17) is 5.11 Å². The molecule has 0 aliphatic rings. The van der Waals surface area contributed by atoms with Gasteiger partial charge in [-0.15, -0.1) is 11.3 Å². The van der Waals surface area contributed by atoms with Gasteiger partial charge < -0.3 is 20.6 Å². The zero-order chi connectivity index (χ0) is 13.5. The fourth-order valence-corrected chi connectivity index (χ4v) is 2.03. The largest absolute Gasteiger partial charge is 0.394 e. The van der Waals surface area contributed by atoms with E-state index < -0.39 is 0 Å². The van der Waals surface area contributed by atoms with Crippen molar-refractivity contribution in [3.63, 3.8) is 0 Å². The standard InChI is InChI=1S/C11H20N4O2S/c1-4-8(6-16)13-10(17)12-5-9-7-18-11(14-9)15(2)3/h7-8,16H,4-6H2,1-3H3,(H2,12,13,17)/t8-/m0/s1. The highest BCUT2D eigenvalue weighted by atomic mass is 32.1. The zero-order valence-electron chi connectivity index (χ0n) is 10.9. The third-order valence-corrected chi connectivity index (χ3v) is 3.46. The third-order valence-electron chi connectivity index (χ3n) is 2.40. The second-order valence-electron chi connectivity index (χ2n) is 4.13. The van der Waals surface area contributed by atoms with Gasteiger partial charge in [0.05, 0.1) is 24.9 Å². The second kappa shape index (κ2) is 7.17. The zero-order valence-corrected chi connectivity index (χ0v) is 11.8. The topological polar surface area (TPSA) is 77.5 Å². The number of aromatic nitrogens is 1. The van der Waals surface area contributed by atoms with Crippen molar-refractivity contribution in [2.45, 2.75) is 25.9 Å². The van der Waals surface area contributed by atoms with Crippen molar-refractivity contribution in [1.29, 1.82) is 0 Å². The van der Waals surface area contributed by atoms with Gasteiger partial charge in [0.1, 0.15) is 0 Å². The number of rotatable bonds is 6. The van der Waals surface area contributed by atoms with E-state index in [1.165, 1.54) is 11.3 Å². The molecule has 1 aromatic heterocycles. The average Bonchev–Trinajstić information content (AvgIpc) is 2.82. The molecule has 7 heteroatoms. The van der Waals surface area contributed by atoms with Gasteiger partial charge in [-0.2, -0.15) is 0 Å². The van der Waals surface area contributed by atoms with Crippen molar-refractivity contribution in [3.8, 4) is 0 Å². The van der Waals surface area contributed by atoms with Crippen molar-refractivity contribution >= 4 is 22.5 Å². The Morgan fingerprint density at radius 3 is 2.83 bits per heavy atom. The Kier molecular flexibility index (Phi) is 5.87. The lowest BCUT2D eigenvalue weighted by Crippen LogP contribution is -2.43. The summed E-state index contributed by atoms with van der Waals surface area (Å²) in [6.07, 6.45) is 0.700. The minimum atomic E-state index is -0.282. The molecule has 0 bridgehead atoms. The first-order valence-electron chi connectivity index (χ1n) is 5.83. The summed E-state index contributed by atoms with van der Waals surface area (Å²) in [5, 5.41) is 17.2.